The second-order valence-electron chi connectivity index (χ2n) is 7.95. The van der Waals surface area contributed by atoms with Crippen molar-refractivity contribution in [2.24, 2.45) is 5.92 Å². The number of benzene rings is 1. The lowest BCUT2D eigenvalue weighted by Gasteiger charge is -2.32. The molecule has 0 N–H and O–H groups in total. The fourth-order valence-corrected chi connectivity index (χ4v) is 7.62. The van der Waals surface area contributed by atoms with Crippen LogP contribution in [0.3, 0.4) is 0 Å². The third-order valence-corrected chi connectivity index (χ3v) is 10.1. The molecule has 0 unspecified atom stereocenters. The van der Waals surface area contributed by atoms with Gasteiger partial charge < -0.3 is 4.90 Å². The molecule has 9 heteroatoms. The second-order valence-corrected chi connectivity index (χ2v) is 12.1. The Hall–Kier alpha value is -2.07. The lowest BCUT2D eigenvalue weighted by Crippen LogP contribution is -2.44. The predicted octanol–water partition coefficient (Wildman–Crippen LogP) is 4.17. The first-order valence-corrected chi connectivity index (χ1v) is 13.5. The van der Waals surface area contributed by atoms with Crippen LogP contribution in [0.5, 0.6) is 0 Å². The monoisotopic (exact) mass is 473 g/mol. The van der Waals surface area contributed by atoms with Gasteiger partial charge in [-0.15, -0.1) is 22.7 Å². The first-order chi connectivity index (χ1) is 14.9. The highest BCUT2D eigenvalue weighted by Crippen LogP contribution is 2.35. The number of thiazole rings is 1. The molecule has 2 aromatic heterocycles. The molecule has 162 valence electrons. The Morgan fingerprint density at radius 1 is 1.13 bits per heavy atom. The Bertz CT molecular complexity index is 1210. The zero-order valence-electron chi connectivity index (χ0n) is 17.2. The number of aromatic nitrogens is 1. The molecule has 1 aromatic carbocycles. The van der Waals surface area contributed by atoms with E-state index in [0.717, 1.165) is 28.4 Å². The summed E-state index contributed by atoms with van der Waals surface area (Å²) in [6.07, 6.45) is 1.96. The number of carbonyl (C=O) groups excluding carboxylic acids is 1. The van der Waals surface area contributed by atoms with Crippen molar-refractivity contribution in [1.82, 2.24) is 9.29 Å². The Labute approximate surface area is 190 Å². The zero-order chi connectivity index (χ0) is 21.6. The third-order valence-electron chi connectivity index (χ3n) is 6.05. The molecule has 0 atom stereocenters. The summed E-state index contributed by atoms with van der Waals surface area (Å²) in [5, 5.41) is 4.88. The Kier molecular flexibility index (Phi) is 5.45. The quantitative estimate of drug-likeness (QED) is 0.570. The molecule has 0 aliphatic carbocycles. The molecule has 4 heterocycles. The van der Waals surface area contributed by atoms with Gasteiger partial charge in [-0.25, -0.2) is 13.4 Å². The smallest absolute Gasteiger partial charge is 0.252 e. The highest BCUT2D eigenvalue weighted by molar-refractivity contribution is 7.91. The molecule has 1 fully saturated rings. The standard InChI is InChI=1S/C22H23N3O3S3/c1-15-23-19(14-30-15)17-4-5-20-18(13-17)8-11-25(20)22(26)16-6-9-24(10-7-16)31(27,28)21-3-2-12-29-21/h2-5,12-14,16H,6-11H2,1H3. The molecule has 0 radical (unpaired) electrons. The maximum Gasteiger partial charge on any atom is 0.252 e. The van der Waals surface area contributed by atoms with Gasteiger partial charge >= 0.3 is 0 Å². The van der Waals surface area contributed by atoms with Crippen molar-refractivity contribution < 1.29 is 13.2 Å². The molecule has 0 spiro atoms. The number of piperidine rings is 1. The van der Waals surface area contributed by atoms with Crippen molar-refractivity contribution in [2.45, 2.75) is 30.4 Å². The van der Waals surface area contributed by atoms with E-state index in [1.807, 2.05) is 24.0 Å². The minimum absolute atomic E-state index is 0.115. The lowest BCUT2D eigenvalue weighted by atomic mass is 9.96. The highest BCUT2D eigenvalue weighted by Gasteiger charge is 2.36. The fraction of sp³-hybridized carbons (Fsp3) is 0.364. The van der Waals surface area contributed by atoms with Crippen LogP contribution in [-0.2, 0) is 21.2 Å². The third kappa shape index (κ3) is 3.84. The number of aryl methyl sites for hydroxylation is 1. The van der Waals surface area contributed by atoms with Crippen LogP contribution in [0.1, 0.15) is 23.4 Å². The fourth-order valence-electron chi connectivity index (χ4n) is 4.39. The molecule has 2 aliphatic rings. The van der Waals surface area contributed by atoms with Crippen LogP contribution in [0.2, 0.25) is 0 Å². The number of thiophene rings is 1. The number of amides is 1. The van der Waals surface area contributed by atoms with Crippen molar-refractivity contribution in [3.05, 3.63) is 51.7 Å². The summed E-state index contributed by atoms with van der Waals surface area (Å²) in [5.74, 6) is -0.0224. The molecule has 2 aliphatic heterocycles. The molecule has 0 saturated carbocycles. The number of nitrogens with zero attached hydrogens (tertiary/aromatic N) is 3. The van der Waals surface area contributed by atoms with Gasteiger partial charge in [-0.05, 0) is 55.3 Å². The van der Waals surface area contributed by atoms with E-state index in [1.54, 1.807) is 28.8 Å². The van der Waals surface area contributed by atoms with Gasteiger partial charge in [0.05, 0.1) is 10.7 Å². The number of sulfonamides is 1. The van der Waals surface area contributed by atoms with Gasteiger partial charge in [0.25, 0.3) is 10.0 Å². The highest BCUT2D eigenvalue weighted by atomic mass is 32.2. The van der Waals surface area contributed by atoms with Gasteiger partial charge in [-0.1, -0.05) is 12.1 Å². The summed E-state index contributed by atoms with van der Waals surface area (Å²) in [5.41, 5.74) is 4.22. The van der Waals surface area contributed by atoms with Crippen molar-refractivity contribution in [3.8, 4) is 11.3 Å². The van der Waals surface area contributed by atoms with Gasteiger partial charge in [0, 0.05) is 42.2 Å². The van der Waals surface area contributed by atoms with Crippen LogP contribution in [0.25, 0.3) is 11.3 Å². The molecule has 1 saturated heterocycles. The van der Waals surface area contributed by atoms with E-state index in [9.17, 15) is 13.2 Å². The maximum atomic E-state index is 13.3. The molecule has 3 aromatic rings. The van der Waals surface area contributed by atoms with Crippen LogP contribution in [0.15, 0.2) is 45.3 Å². The summed E-state index contributed by atoms with van der Waals surface area (Å²) in [6, 6.07) is 9.60. The Balaban J connectivity index is 1.27. The number of anilines is 1. The van der Waals surface area contributed by atoms with E-state index in [2.05, 4.69) is 16.4 Å². The maximum absolute atomic E-state index is 13.3. The van der Waals surface area contributed by atoms with E-state index < -0.39 is 10.0 Å². The Morgan fingerprint density at radius 2 is 1.94 bits per heavy atom. The normalized spacial score (nSPS) is 17.8. The number of hydrogen-bond donors (Lipinski definition) is 0. The number of carbonyl (C=O) groups is 1. The summed E-state index contributed by atoms with van der Waals surface area (Å²) >= 11 is 2.87. The van der Waals surface area contributed by atoms with Gasteiger partial charge in [-0.2, -0.15) is 4.31 Å². The first kappa shape index (κ1) is 20.8. The van der Waals surface area contributed by atoms with E-state index in [0.29, 0.717) is 36.7 Å². The molecule has 31 heavy (non-hydrogen) atoms. The van der Waals surface area contributed by atoms with E-state index >= 15 is 0 Å². The van der Waals surface area contributed by atoms with Crippen molar-refractivity contribution in [2.75, 3.05) is 24.5 Å². The molecule has 6 nitrogen and oxygen atoms in total. The van der Waals surface area contributed by atoms with Crippen LogP contribution < -0.4 is 4.90 Å². The molecular formula is C22H23N3O3S3. The average molecular weight is 474 g/mol. The molecular weight excluding hydrogens is 450 g/mol. The van der Waals surface area contributed by atoms with Crippen molar-refractivity contribution in [1.29, 1.82) is 0 Å². The molecule has 1 amide bonds. The van der Waals surface area contributed by atoms with Crippen LogP contribution >= 0.6 is 22.7 Å². The second kappa shape index (κ2) is 8.12. The topological polar surface area (TPSA) is 70.6 Å². The lowest BCUT2D eigenvalue weighted by molar-refractivity contribution is -0.123. The SMILES string of the molecule is Cc1nc(-c2ccc3c(c2)CCN3C(=O)C2CCN(S(=O)(=O)c3cccs3)CC2)cs1. The van der Waals surface area contributed by atoms with E-state index in [-0.39, 0.29) is 11.8 Å². The van der Waals surface area contributed by atoms with E-state index in [1.165, 1.54) is 21.2 Å². The van der Waals surface area contributed by atoms with Gasteiger partial charge in [0.2, 0.25) is 5.91 Å². The van der Waals surface area contributed by atoms with Crippen LogP contribution in [-0.4, -0.2) is 43.2 Å². The average Bonchev–Trinajstić information content (AvgIpc) is 3.53. The number of rotatable bonds is 4. The summed E-state index contributed by atoms with van der Waals surface area (Å²) in [4.78, 5) is 19.7. The summed E-state index contributed by atoms with van der Waals surface area (Å²) in [6.45, 7) is 3.46. The number of fused-ring (bicyclic) bond motifs is 1. The summed E-state index contributed by atoms with van der Waals surface area (Å²) < 4.78 is 27.4. The number of hydrogen-bond acceptors (Lipinski definition) is 6. The van der Waals surface area contributed by atoms with Crippen LogP contribution in [0.4, 0.5) is 5.69 Å². The minimum Gasteiger partial charge on any atom is -0.312 e. The van der Waals surface area contributed by atoms with Gasteiger partial charge in [0.1, 0.15) is 4.21 Å². The van der Waals surface area contributed by atoms with Gasteiger partial charge in [0.15, 0.2) is 0 Å². The van der Waals surface area contributed by atoms with Gasteiger partial charge in [-0.3, -0.25) is 4.79 Å². The van der Waals surface area contributed by atoms with Crippen molar-refractivity contribution in [3.63, 3.8) is 0 Å². The zero-order valence-corrected chi connectivity index (χ0v) is 19.6. The Morgan fingerprint density at radius 3 is 2.61 bits per heavy atom. The summed E-state index contributed by atoms with van der Waals surface area (Å²) in [7, 11) is -3.44. The van der Waals surface area contributed by atoms with Crippen molar-refractivity contribution >= 4 is 44.3 Å². The largest absolute Gasteiger partial charge is 0.312 e. The molecule has 0 bridgehead atoms. The first-order valence-electron chi connectivity index (χ1n) is 10.3. The molecule has 5 rings (SSSR count). The minimum atomic E-state index is -3.44. The van der Waals surface area contributed by atoms with Crippen LogP contribution in [0, 0.1) is 12.8 Å². The van der Waals surface area contributed by atoms with E-state index in [4.69, 9.17) is 0 Å². The predicted molar refractivity (Wildman–Crippen MR) is 124 cm³/mol.